The summed E-state index contributed by atoms with van der Waals surface area (Å²) in [6.45, 7) is 1.94. The van der Waals surface area contributed by atoms with E-state index in [1.54, 1.807) is 32.6 Å². The molecule has 0 aliphatic heterocycles. The summed E-state index contributed by atoms with van der Waals surface area (Å²) in [6, 6.07) is 5.40. The van der Waals surface area contributed by atoms with Crippen molar-refractivity contribution in [2.75, 3.05) is 19.5 Å². The number of anilines is 1. The van der Waals surface area contributed by atoms with Crippen LogP contribution in [0.4, 0.5) is 5.13 Å². The predicted octanol–water partition coefficient (Wildman–Crippen LogP) is 3.12. The fraction of sp³-hybridized carbons (Fsp3) is 0.200. The first-order chi connectivity index (χ1) is 10.1. The van der Waals surface area contributed by atoms with Gasteiger partial charge in [0.05, 0.1) is 14.2 Å². The van der Waals surface area contributed by atoms with Crippen LogP contribution in [0, 0.1) is 6.92 Å². The average molecular weight is 304 g/mol. The zero-order valence-corrected chi connectivity index (χ0v) is 12.9. The number of hydrogen-bond donors (Lipinski definition) is 1. The highest BCUT2D eigenvalue weighted by Gasteiger charge is 2.04. The Morgan fingerprint density at radius 1 is 1.33 bits per heavy atom. The molecule has 0 radical (unpaired) electrons. The molecule has 21 heavy (non-hydrogen) atoms. The summed E-state index contributed by atoms with van der Waals surface area (Å²) in [5, 5.41) is 3.30. The van der Waals surface area contributed by atoms with E-state index in [4.69, 9.17) is 9.47 Å². The number of ether oxygens (including phenoxy) is 2. The van der Waals surface area contributed by atoms with Crippen LogP contribution in [0.1, 0.15) is 10.4 Å². The average Bonchev–Trinajstić information content (AvgIpc) is 2.90. The lowest BCUT2D eigenvalue weighted by Gasteiger charge is -2.07. The van der Waals surface area contributed by atoms with Gasteiger partial charge in [-0.1, -0.05) is 0 Å². The number of thiazole rings is 1. The third kappa shape index (κ3) is 4.06. The molecule has 0 atom stereocenters. The van der Waals surface area contributed by atoms with Crippen LogP contribution < -0.4 is 14.8 Å². The van der Waals surface area contributed by atoms with Gasteiger partial charge in [-0.05, 0) is 25.1 Å². The van der Waals surface area contributed by atoms with E-state index < -0.39 is 0 Å². The Balaban J connectivity index is 2.08. The maximum atomic E-state index is 11.8. The standard InChI is InChI=1S/C15H16N2O3S/c1-10-9-16-15(21-10)17-14(18)7-5-11-4-6-12(19-2)8-13(11)20-3/h4-9H,1-3H3,(H,16,17,18). The minimum atomic E-state index is -0.234. The molecular weight excluding hydrogens is 288 g/mol. The van der Waals surface area contributed by atoms with Crippen molar-refractivity contribution in [3.63, 3.8) is 0 Å². The second-order valence-corrected chi connectivity index (χ2v) is 5.44. The number of hydrogen-bond acceptors (Lipinski definition) is 5. The first-order valence-electron chi connectivity index (χ1n) is 6.26. The number of aryl methyl sites for hydroxylation is 1. The summed E-state index contributed by atoms with van der Waals surface area (Å²) in [5.74, 6) is 1.11. The number of carbonyl (C=O) groups excluding carboxylic acids is 1. The molecule has 1 aromatic heterocycles. The Hall–Kier alpha value is -2.34. The van der Waals surface area contributed by atoms with Crippen molar-refractivity contribution in [2.45, 2.75) is 6.92 Å². The quantitative estimate of drug-likeness (QED) is 0.862. The van der Waals surface area contributed by atoms with Crippen molar-refractivity contribution in [3.05, 3.63) is 40.9 Å². The van der Waals surface area contributed by atoms with Crippen LogP contribution >= 0.6 is 11.3 Å². The molecule has 5 nitrogen and oxygen atoms in total. The SMILES string of the molecule is COc1ccc(C=CC(=O)Nc2ncc(C)s2)c(OC)c1. The molecule has 1 amide bonds. The molecule has 1 aromatic carbocycles. The van der Waals surface area contributed by atoms with Crippen LogP contribution in [0.25, 0.3) is 6.08 Å². The van der Waals surface area contributed by atoms with Gasteiger partial charge in [0.2, 0.25) is 5.91 Å². The summed E-state index contributed by atoms with van der Waals surface area (Å²) < 4.78 is 10.4. The number of nitrogens with zero attached hydrogens (tertiary/aromatic N) is 1. The number of rotatable bonds is 5. The minimum Gasteiger partial charge on any atom is -0.497 e. The van der Waals surface area contributed by atoms with Crippen molar-refractivity contribution < 1.29 is 14.3 Å². The highest BCUT2D eigenvalue weighted by Crippen LogP contribution is 2.25. The molecule has 2 aromatic rings. The number of benzene rings is 1. The monoisotopic (exact) mass is 304 g/mol. The van der Waals surface area contributed by atoms with Crippen LogP contribution in [-0.2, 0) is 4.79 Å². The second-order valence-electron chi connectivity index (χ2n) is 4.21. The number of amides is 1. The first kappa shape index (κ1) is 15.1. The Morgan fingerprint density at radius 2 is 2.14 bits per heavy atom. The zero-order valence-electron chi connectivity index (χ0n) is 12.0. The maximum Gasteiger partial charge on any atom is 0.250 e. The zero-order chi connectivity index (χ0) is 15.2. The van der Waals surface area contributed by atoms with Crippen molar-refractivity contribution >= 4 is 28.5 Å². The fourth-order valence-electron chi connectivity index (χ4n) is 1.68. The molecular formula is C15H16N2O3S. The molecule has 2 rings (SSSR count). The summed E-state index contributed by atoms with van der Waals surface area (Å²) in [7, 11) is 3.16. The van der Waals surface area contributed by atoms with E-state index in [9.17, 15) is 4.79 Å². The molecule has 6 heteroatoms. The molecule has 0 aliphatic carbocycles. The van der Waals surface area contributed by atoms with Gasteiger partial charge in [-0.15, -0.1) is 11.3 Å². The second kappa shape index (κ2) is 6.90. The molecule has 0 aliphatic rings. The third-order valence-electron chi connectivity index (χ3n) is 2.71. The maximum absolute atomic E-state index is 11.8. The normalized spacial score (nSPS) is 10.6. The number of methoxy groups -OCH3 is 2. The summed E-state index contributed by atoms with van der Waals surface area (Å²) in [4.78, 5) is 16.9. The van der Waals surface area contributed by atoms with E-state index in [-0.39, 0.29) is 5.91 Å². The van der Waals surface area contributed by atoms with Gasteiger partial charge in [-0.2, -0.15) is 0 Å². The summed E-state index contributed by atoms with van der Waals surface area (Å²) in [6.07, 6.45) is 4.85. The van der Waals surface area contributed by atoms with Crippen molar-refractivity contribution in [2.24, 2.45) is 0 Å². The fourth-order valence-corrected chi connectivity index (χ4v) is 2.35. The predicted molar refractivity (Wildman–Crippen MR) is 84.1 cm³/mol. The molecule has 1 heterocycles. The summed E-state index contributed by atoms with van der Waals surface area (Å²) in [5.41, 5.74) is 0.795. The minimum absolute atomic E-state index is 0.234. The first-order valence-corrected chi connectivity index (χ1v) is 7.07. The molecule has 0 saturated carbocycles. The van der Waals surface area contributed by atoms with Gasteiger partial charge in [0.25, 0.3) is 0 Å². The lowest BCUT2D eigenvalue weighted by Crippen LogP contribution is -2.07. The van der Waals surface area contributed by atoms with Crippen LogP contribution in [0.15, 0.2) is 30.5 Å². The highest BCUT2D eigenvalue weighted by atomic mass is 32.1. The topological polar surface area (TPSA) is 60.5 Å². The van der Waals surface area contributed by atoms with Crippen LogP contribution in [0.2, 0.25) is 0 Å². The Kier molecular flexibility index (Phi) is 4.94. The van der Waals surface area contributed by atoms with Gasteiger partial charge >= 0.3 is 0 Å². The largest absolute Gasteiger partial charge is 0.497 e. The Labute approximate surface area is 127 Å². The van der Waals surface area contributed by atoms with Gasteiger partial charge in [0.1, 0.15) is 11.5 Å². The number of nitrogens with one attached hydrogen (secondary N) is 1. The van der Waals surface area contributed by atoms with E-state index in [2.05, 4.69) is 10.3 Å². The van der Waals surface area contributed by atoms with Crippen molar-refractivity contribution in [1.82, 2.24) is 4.98 Å². The van der Waals surface area contributed by atoms with E-state index in [0.29, 0.717) is 16.6 Å². The smallest absolute Gasteiger partial charge is 0.250 e. The van der Waals surface area contributed by atoms with Crippen molar-refractivity contribution in [1.29, 1.82) is 0 Å². The van der Waals surface area contributed by atoms with Gasteiger partial charge < -0.3 is 9.47 Å². The molecule has 110 valence electrons. The highest BCUT2D eigenvalue weighted by molar-refractivity contribution is 7.15. The molecule has 0 unspecified atom stereocenters. The van der Waals surface area contributed by atoms with Crippen LogP contribution in [0.3, 0.4) is 0 Å². The molecule has 0 bridgehead atoms. The lowest BCUT2D eigenvalue weighted by molar-refractivity contribution is -0.111. The molecule has 1 N–H and O–H groups in total. The summed E-state index contributed by atoms with van der Waals surface area (Å²) >= 11 is 1.43. The van der Waals surface area contributed by atoms with Gasteiger partial charge in [-0.25, -0.2) is 4.98 Å². The molecule has 0 fully saturated rings. The van der Waals surface area contributed by atoms with E-state index in [1.807, 2.05) is 19.1 Å². The van der Waals surface area contributed by atoms with E-state index >= 15 is 0 Å². The van der Waals surface area contributed by atoms with E-state index in [0.717, 1.165) is 10.4 Å². The number of aromatic nitrogens is 1. The lowest BCUT2D eigenvalue weighted by atomic mass is 10.1. The van der Waals surface area contributed by atoms with Gasteiger partial charge in [-0.3, -0.25) is 10.1 Å². The van der Waals surface area contributed by atoms with Gasteiger partial charge in [0.15, 0.2) is 5.13 Å². The molecule has 0 saturated heterocycles. The Morgan fingerprint density at radius 3 is 2.76 bits per heavy atom. The molecule has 0 spiro atoms. The van der Waals surface area contributed by atoms with Gasteiger partial charge in [0, 0.05) is 28.8 Å². The third-order valence-corrected chi connectivity index (χ3v) is 3.53. The Bertz CT molecular complexity index is 665. The van der Waals surface area contributed by atoms with Crippen LogP contribution in [0.5, 0.6) is 11.5 Å². The van der Waals surface area contributed by atoms with E-state index in [1.165, 1.54) is 17.4 Å². The van der Waals surface area contributed by atoms with Crippen molar-refractivity contribution in [3.8, 4) is 11.5 Å². The number of carbonyl (C=O) groups is 1. The van der Waals surface area contributed by atoms with Crippen LogP contribution in [-0.4, -0.2) is 25.1 Å².